The Morgan fingerprint density at radius 2 is 1.76 bits per heavy atom. The molecule has 3 fully saturated rings. The van der Waals surface area contributed by atoms with Gasteiger partial charge in [-0.3, -0.25) is 14.6 Å². The second-order valence-corrected chi connectivity index (χ2v) is 12.9. The first kappa shape index (κ1) is 26.6. The number of likely N-dealkylation sites (N-methyl/N-ethyl adjacent to an activating group) is 1. The van der Waals surface area contributed by atoms with E-state index >= 15 is 0 Å². The van der Waals surface area contributed by atoms with Gasteiger partial charge in [-0.1, -0.05) is 25.8 Å². The molecule has 0 aromatic heterocycles. The molecule has 1 aromatic carbocycles. The predicted molar refractivity (Wildman–Crippen MR) is 145 cm³/mol. The van der Waals surface area contributed by atoms with Gasteiger partial charge in [-0.05, 0) is 67.9 Å². The van der Waals surface area contributed by atoms with Crippen molar-refractivity contribution in [1.82, 2.24) is 14.5 Å². The van der Waals surface area contributed by atoms with Crippen LogP contribution in [0.15, 0.2) is 28.6 Å². The van der Waals surface area contributed by atoms with Crippen LogP contribution in [-0.2, 0) is 19.6 Å². The summed E-state index contributed by atoms with van der Waals surface area (Å²) < 4.78 is 27.6. The number of imide groups is 1. The molecule has 2 saturated heterocycles. The number of amides is 4. The number of hydrogen-bond donors (Lipinski definition) is 1. The fourth-order valence-electron chi connectivity index (χ4n) is 5.82. The van der Waals surface area contributed by atoms with Crippen molar-refractivity contribution in [2.24, 2.45) is 16.8 Å². The number of carbonyl (C=O) groups is 3. The molecule has 38 heavy (non-hydrogen) atoms. The smallest absolute Gasteiger partial charge is 0.318 e. The third-order valence-electron chi connectivity index (χ3n) is 8.38. The van der Waals surface area contributed by atoms with Crippen LogP contribution < -0.4 is 10.2 Å². The van der Waals surface area contributed by atoms with Gasteiger partial charge < -0.3 is 10.2 Å². The Hall–Kier alpha value is -3.05. The van der Waals surface area contributed by atoms with Crippen LogP contribution in [0.25, 0.3) is 6.08 Å². The number of anilines is 1. The number of nitrogens with one attached hydrogen (secondary N) is 1. The molecule has 10 nitrogen and oxygen atoms in total. The number of benzene rings is 1. The van der Waals surface area contributed by atoms with Crippen LogP contribution in [0.1, 0.15) is 56.6 Å². The Bertz CT molecular complexity index is 1320. The van der Waals surface area contributed by atoms with Gasteiger partial charge in [-0.2, -0.15) is 4.31 Å². The number of sulfonamides is 1. The van der Waals surface area contributed by atoms with E-state index in [-0.39, 0.29) is 43.4 Å². The summed E-state index contributed by atoms with van der Waals surface area (Å²) in [5.74, 6) is 1.39. The average molecular weight is 542 g/mol. The minimum Gasteiger partial charge on any atom is -0.318 e. The topological polar surface area (TPSA) is 119 Å². The highest BCUT2D eigenvalue weighted by atomic mass is 32.2. The number of rotatable bonds is 5. The quantitative estimate of drug-likeness (QED) is 0.575. The lowest BCUT2D eigenvalue weighted by molar-refractivity contribution is -0.125. The molecular weight excluding hydrogens is 506 g/mol. The summed E-state index contributed by atoms with van der Waals surface area (Å²) in [5, 5.41) is 4.20. The van der Waals surface area contributed by atoms with Gasteiger partial charge in [0, 0.05) is 31.5 Å². The van der Waals surface area contributed by atoms with Gasteiger partial charge in [0.1, 0.15) is 17.9 Å². The van der Waals surface area contributed by atoms with E-state index in [2.05, 4.69) is 12.2 Å². The van der Waals surface area contributed by atoms with Crippen molar-refractivity contribution in [1.29, 1.82) is 0 Å². The van der Waals surface area contributed by atoms with Gasteiger partial charge in [0.15, 0.2) is 0 Å². The van der Waals surface area contributed by atoms with Crippen LogP contribution in [-0.4, -0.2) is 73.5 Å². The molecule has 0 bridgehead atoms. The monoisotopic (exact) mass is 541 g/mol. The first-order valence-electron chi connectivity index (χ1n) is 13.3. The lowest BCUT2D eigenvalue weighted by atomic mass is 9.82. The summed E-state index contributed by atoms with van der Waals surface area (Å²) in [4.78, 5) is 44.7. The van der Waals surface area contributed by atoms with E-state index in [9.17, 15) is 22.8 Å². The fourth-order valence-corrected chi connectivity index (χ4v) is 7.00. The number of urea groups is 1. The van der Waals surface area contributed by atoms with Crippen molar-refractivity contribution in [2.75, 3.05) is 31.6 Å². The van der Waals surface area contributed by atoms with E-state index in [1.165, 1.54) is 20.7 Å². The predicted octanol–water partition coefficient (Wildman–Crippen LogP) is 2.88. The molecule has 3 heterocycles. The van der Waals surface area contributed by atoms with E-state index in [1.54, 1.807) is 32.2 Å². The molecule has 0 atom stereocenters. The van der Waals surface area contributed by atoms with Gasteiger partial charge in [-0.15, -0.1) is 0 Å². The van der Waals surface area contributed by atoms with Gasteiger partial charge in [0.2, 0.25) is 10.0 Å². The molecular formula is C27H35N5O5S. The van der Waals surface area contributed by atoms with Crippen molar-refractivity contribution >= 4 is 45.5 Å². The zero-order valence-corrected chi connectivity index (χ0v) is 23.0. The minimum absolute atomic E-state index is 0.0308. The maximum Gasteiger partial charge on any atom is 0.331 e. The molecule has 1 N–H and O–H groups in total. The Kier molecular flexibility index (Phi) is 6.93. The maximum absolute atomic E-state index is 13.1. The highest BCUT2D eigenvalue weighted by Gasteiger charge is 2.48. The Labute approximate surface area is 223 Å². The fraction of sp³-hybridized carbons (Fsp3) is 0.556. The second-order valence-electron chi connectivity index (χ2n) is 11.1. The first-order valence-corrected chi connectivity index (χ1v) is 14.8. The number of nitrogens with zero attached hydrogens (tertiary/aromatic N) is 4. The number of aryl methyl sites for hydroxylation is 1. The number of aliphatic imine (C=N–C) groups is 1. The largest absolute Gasteiger partial charge is 0.331 e. The lowest BCUT2D eigenvalue weighted by Crippen LogP contribution is -2.50. The highest BCUT2D eigenvalue weighted by molar-refractivity contribution is 7.92. The summed E-state index contributed by atoms with van der Waals surface area (Å²) in [6.45, 7) is 4.54. The first-order chi connectivity index (χ1) is 18.0. The summed E-state index contributed by atoms with van der Waals surface area (Å²) in [6.07, 6.45) is 6.59. The average Bonchev–Trinajstić information content (AvgIpc) is 3.33. The molecule has 5 rings (SSSR count). The molecule has 3 aliphatic heterocycles. The highest BCUT2D eigenvalue weighted by Crippen LogP contribution is 2.36. The summed E-state index contributed by atoms with van der Waals surface area (Å²) in [7, 11) is -2.14. The molecule has 4 amide bonds. The molecule has 4 aliphatic rings. The summed E-state index contributed by atoms with van der Waals surface area (Å²) in [5.41, 5.74) is 1.01. The van der Waals surface area contributed by atoms with Crippen molar-refractivity contribution < 1.29 is 22.8 Å². The molecule has 1 aliphatic carbocycles. The number of hydrogen-bond acceptors (Lipinski definition) is 6. The molecule has 1 spiro atoms. The van der Waals surface area contributed by atoms with Crippen molar-refractivity contribution in [3.05, 3.63) is 34.7 Å². The van der Waals surface area contributed by atoms with Crippen LogP contribution in [0.5, 0.6) is 0 Å². The van der Waals surface area contributed by atoms with Crippen LogP contribution in [0.4, 0.5) is 10.5 Å². The van der Waals surface area contributed by atoms with Gasteiger partial charge in [-0.25, -0.2) is 18.1 Å². The minimum atomic E-state index is -3.71. The SMILES string of the molecule is Cc1cc(N2C(=O)CN(C)C2=O)ccc1C=CS(=O)(=O)N1CCC2(CC1)N=C(C1CCC(C)CC1)NC2=O. The molecule has 1 saturated carbocycles. The Morgan fingerprint density at radius 1 is 1.08 bits per heavy atom. The third kappa shape index (κ3) is 4.89. The van der Waals surface area contributed by atoms with Gasteiger partial charge in [0.25, 0.3) is 11.8 Å². The summed E-state index contributed by atoms with van der Waals surface area (Å²) >= 11 is 0. The summed E-state index contributed by atoms with van der Waals surface area (Å²) in [6, 6.07) is 4.66. The lowest BCUT2D eigenvalue weighted by Gasteiger charge is -2.34. The number of amidine groups is 1. The van der Waals surface area contributed by atoms with E-state index in [1.807, 2.05) is 0 Å². The van der Waals surface area contributed by atoms with E-state index in [0.717, 1.165) is 42.0 Å². The van der Waals surface area contributed by atoms with Crippen molar-refractivity contribution in [3.8, 4) is 0 Å². The van der Waals surface area contributed by atoms with Crippen molar-refractivity contribution in [3.63, 3.8) is 0 Å². The van der Waals surface area contributed by atoms with E-state index < -0.39 is 15.6 Å². The molecule has 11 heteroatoms. The third-order valence-corrected chi connectivity index (χ3v) is 9.95. The number of piperidine rings is 1. The van der Waals surface area contributed by atoms with Crippen LogP contribution >= 0.6 is 0 Å². The molecule has 204 valence electrons. The molecule has 0 radical (unpaired) electrons. The van der Waals surface area contributed by atoms with Crippen molar-refractivity contribution in [2.45, 2.75) is 57.9 Å². The Balaban J connectivity index is 1.24. The van der Waals surface area contributed by atoms with Crippen LogP contribution in [0.2, 0.25) is 0 Å². The Morgan fingerprint density at radius 3 is 2.37 bits per heavy atom. The standard InChI is InChI=1S/C27H35N5O5S/c1-18-4-6-21(7-5-18)24-28-25(34)27(29-24)11-13-31(14-12-27)38(36,37)15-10-20-8-9-22(16-19(20)2)32-23(33)17-30(3)26(32)35/h8-10,15-16,18,21H,4-7,11-14,17H2,1-3H3,(H,28,29,34). The zero-order chi connectivity index (χ0) is 27.2. The van der Waals surface area contributed by atoms with Gasteiger partial charge in [0.05, 0.1) is 5.69 Å². The van der Waals surface area contributed by atoms with Crippen LogP contribution in [0, 0.1) is 18.8 Å². The molecule has 0 unspecified atom stereocenters. The van der Waals surface area contributed by atoms with Crippen LogP contribution in [0.3, 0.4) is 0 Å². The van der Waals surface area contributed by atoms with Gasteiger partial charge >= 0.3 is 6.03 Å². The second kappa shape index (κ2) is 9.92. The zero-order valence-electron chi connectivity index (χ0n) is 22.1. The van der Waals surface area contributed by atoms with E-state index in [4.69, 9.17) is 4.99 Å². The number of carbonyl (C=O) groups excluding carboxylic acids is 3. The normalized spacial score (nSPS) is 26.5. The van der Waals surface area contributed by atoms with E-state index in [0.29, 0.717) is 30.0 Å². The maximum atomic E-state index is 13.1. The molecule has 1 aromatic rings.